The van der Waals surface area contributed by atoms with Crippen LogP contribution >= 0.6 is 0 Å². The van der Waals surface area contributed by atoms with E-state index in [1.54, 1.807) is 0 Å². The maximum atomic E-state index is 12.9. The Bertz CT molecular complexity index is 1320. The zero-order valence-electron chi connectivity index (χ0n) is 53.4. The first-order valence-electron chi connectivity index (χ1n) is 35.5. The van der Waals surface area contributed by atoms with Gasteiger partial charge in [-0.05, 0) is 77.0 Å². The van der Waals surface area contributed by atoms with E-state index in [0.29, 0.717) is 19.3 Å². The summed E-state index contributed by atoms with van der Waals surface area (Å²) in [5, 5.41) is 0. The largest absolute Gasteiger partial charge is 0.462 e. The molecule has 0 N–H and O–H groups in total. The van der Waals surface area contributed by atoms with Crippen molar-refractivity contribution in [2.75, 3.05) is 13.2 Å². The van der Waals surface area contributed by atoms with Crippen molar-refractivity contribution in [3.63, 3.8) is 0 Å². The predicted octanol–water partition coefficient (Wildman–Crippen LogP) is 24.3. The van der Waals surface area contributed by atoms with Gasteiger partial charge in [0.1, 0.15) is 13.2 Å². The number of rotatable bonds is 66. The van der Waals surface area contributed by atoms with E-state index < -0.39 is 6.10 Å². The molecular weight excluding hydrogens is 973 g/mol. The molecule has 6 heteroatoms. The molecule has 0 aliphatic rings. The number of hydrogen-bond donors (Lipinski definition) is 0. The Morgan fingerprint density at radius 1 is 0.253 bits per heavy atom. The summed E-state index contributed by atoms with van der Waals surface area (Å²) < 4.78 is 17.0. The van der Waals surface area contributed by atoms with Gasteiger partial charge in [-0.3, -0.25) is 14.4 Å². The van der Waals surface area contributed by atoms with Crippen molar-refractivity contribution in [1.29, 1.82) is 0 Å². The molecule has 1 atom stereocenters. The normalized spacial score (nSPS) is 12.2. The van der Waals surface area contributed by atoms with Gasteiger partial charge in [-0.25, -0.2) is 0 Å². The molecule has 0 rings (SSSR count). The third-order valence-electron chi connectivity index (χ3n) is 16.1. The highest BCUT2D eigenvalue weighted by Crippen LogP contribution is 2.18. The molecule has 0 aliphatic carbocycles. The fourth-order valence-electron chi connectivity index (χ4n) is 10.8. The standard InChI is InChI=1S/C73H136O6/c1-4-7-10-13-16-19-22-25-28-30-32-33-34-35-36-37-38-39-40-41-43-45-48-51-54-57-60-63-66-72(75)78-69-70(68-77-71(74)65-62-59-56-53-50-47-44-27-24-21-18-15-12-9-6-3)79-73(76)67-64-61-58-55-52-49-46-42-31-29-26-23-20-17-14-11-8-5-2/h18,21,27,29,31,44,70H,4-17,19-20,22-26,28,30,32-43,45-69H2,1-3H3/b21-18-,31-29-,44-27-. The van der Waals surface area contributed by atoms with Gasteiger partial charge in [0, 0.05) is 19.3 Å². The highest BCUT2D eigenvalue weighted by Gasteiger charge is 2.19. The second kappa shape index (κ2) is 68.1. The molecule has 79 heavy (non-hydrogen) atoms. The predicted molar refractivity (Wildman–Crippen MR) is 344 cm³/mol. The molecule has 0 saturated heterocycles. The van der Waals surface area contributed by atoms with Gasteiger partial charge in [0.25, 0.3) is 0 Å². The second-order valence-electron chi connectivity index (χ2n) is 24.1. The SMILES string of the molecule is CCCCC/C=C\C/C=C\CCCCCCCC(=O)OCC(COC(=O)CCCCCCCCCCCCCCCCCCCCCCCCCCCCCC)OC(=O)CCCCCCCCC/C=C\CCCCCCCCC. The van der Waals surface area contributed by atoms with Crippen LogP contribution in [0.2, 0.25) is 0 Å². The molecule has 0 bridgehead atoms. The van der Waals surface area contributed by atoms with E-state index in [9.17, 15) is 14.4 Å². The van der Waals surface area contributed by atoms with E-state index in [2.05, 4.69) is 57.2 Å². The minimum absolute atomic E-state index is 0.0740. The van der Waals surface area contributed by atoms with Gasteiger partial charge in [-0.1, -0.05) is 333 Å². The number of allylic oxidation sites excluding steroid dienone is 6. The molecule has 1 unspecified atom stereocenters. The second-order valence-corrected chi connectivity index (χ2v) is 24.1. The summed E-state index contributed by atoms with van der Waals surface area (Å²) >= 11 is 0. The van der Waals surface area contributed by atoms with Gasteiger partial charge in [0.05, 0.1) is 0 Å². The summed E-state index contributed by atoms with van der Waals surface area (Å²) in [5.74, 6) is -0.866. The number of carbonyl (C=O) groups is 3. The van der Waals surface area contributed by atoms with E-state index in [1.807, 2.05) is 0 Å². The summed E-state index contributed by atoms with van der Waals surface area (Å²) in [4.78, 5) is 38.4. The molecule has 0 aliphatic heterocycles. The molecule has 0 spiro atoms. The van der Waals surface area contributed by atoms with Crippen molar-refractivity contribution in [1.82, 2.24) is 0 Å². The average molecular weight is 1110 g/mol. The molecule has 0 heterocycles. The minimum atomic E-state index is -0.779. The van der Waals surface area contributed by atoms with Gasteiger partial charge < -0.3 is 14.2 Å². The number of ether oxygens (including phenoxy) is 3. The van der Waals surface area contributed by atoms with Crippen molar-refractivity contribution in [3.05, 3.63) is 36.5 Å². The Morgan fingerprint density at radius 3 is 0.734 bits per heavy atom. The summed E-state index contributed by atoms with van der Waals surface area (Å²) in [6.07, 6.45) is 84.6. The fraction of sp³-hybridized carbons (Fsp3) is 0.877. The Labute approximate surface area is 493 Å². The quantitative estimate of drug-likeness (QED) is 0.0261. The molecule has 0 fully saturated rings. The van der Waals surface area contributed by atoms with Crippen molar-refractivity contribution >= 4 is 17.9 Å². The number of carbonyl (C=O) groups excluding carboxylic acids is 3. The van der Waals surface area contributed by atoms with E-state index in [4.69, 9.17) is 14.2 Å². The highest BCUT2D eigenvalue weighted by atomic mass is 16.6. The first-order valence-corrected chi connectivity index (χ1v) is 35.5. The van der Waals surface area contributed by atoms with Gasteiger partial charge in [0.2, 0.25) is 0 Å². The van der Waals surface area contributed by atoms with Gasteiger partial charge in [-0.2, -0.15) is 0 Å². The van der Waals surface area contributed by atoms with Crippen LogP contribution in [0.1, 0.15) is 393 Å². The topological polar surface area (TPSA) is 78.9 Å². The van der Waals surface area contributed by atoms with Crippen molar-refractivity contribution in [2.45, 2.75) is 399 Å². The van der Waals surface area contributed by atoms with Gasteiger partial charge >= 0.3 is 17.9 Å². The molecule has 0 aromatic heterocycles. The molecule has 0 aromatic carbocycles. The van der Waals surface area contributed by atoms with Gasteiger partial charge in [0.15, 0.2) is 6.10 Å². The smallest absolute Gasteiger partial charge is 0.306 e. The number of hydrogen-bond acceptors (Lipinski definition) is 6. The van der Waals surface area contributed by atoms with Crippen molar-refractivity contribution < 1.29 is 28.6 Å². The van der Waals surface area contributed by atoms with Crippen LogP contribution in [-0.4, -0.2) is 37.2 Å². The Balaban J connectivity index is 4.22. The van der Waals surface area contributed by atoms with Crippen LogP contribution < -0.4 is 0 Å². The molecule has 0 amide bonds. The number of unbranched alkanes of at least 4 members (excludes halogenated alkanes) is 49. The van der Waals surface area contributed by atoms with E-state index in [0.717, 1.165) is 77.0 Å². The summed E-state index contributed by atoms with van der Waals surface area (Å²) in [7, 11) is 0. The third kappa shape index (κ3) is 66.3. The van der Waals surface area contributed by atoms with E-state index >= 15 is 0 Å². The van der Waals surface area contributed by atoms with Crippen molar-refractivity contribution in [3.8, 4) is 0 Å². The summed E-state index contributed by atoms with van der Waals surface area (Å²) in [5.41, 5.74) is 0. The fourth-order valence-corrected chi connectivity index (χ4v) is 10.8. The van der Waals surface area contributed by atoms with Crippen LogP contribution in [0, 0.1) is 0 Å². The zero-order chi connectivity index (χ0) is 57.1. The average Bonchev–Trinajstić information content (AvgIpc) is 3.45. The molecule has 6 nitrogen and oxygen atoms in total. The monoisotopic (exact) mass is 1110 g/mol. The Morgan fingerprint density at radius 2 is 0.456 bits per heavy atom. The maximum Gasteiger partial charge on any atom is 0.306 e. The summed E-state index contributed by atoms with van der Waals surface area (Å²) in [6, 6.07) is 0. The van der Waals surface area contributed by atoms with Gasteiger partial charge in [-0.15, -0.1) is 0 Å². The number of esters is 3. The highest BCUT2D eigenvalue weighted by molar-refractivity contribution is 5.71. The third-order valence-corrected chi connectivity index (χ3v) is 16.1. The van der Waals surface area contributed by atoms with Crippen LogP contribution in [0.5, 0.6) is 0 Å². The lowest BCUT2D eigenvalue weighted by molar-refractivity contribution is -0.167. The molecule has 0 radical (unpaired) electrons. The lowest BCUT2D eigenvalue weighted by atomic mass is 10.0. The molecule has 464 valence electrons. The van der Waals surface area contributed by atoms with Crippen LogP contribution in [0.4, 0.5) is 0 Å². The first kappa shape index (κ1) is 76.6. The van der Waals surface area contributed by atoms with Crippen molar-refractivity contribution in [2.24, 2.45) is 0 Å². The van der Waals surface area contributed by atoms with E-state index in [1.165, 1.54) is 276 Å². The zero-order valence-corrected chi connectivity index (χ0v) is 53.4. The van der Waals surface area contributed by atoms with Crippen LogP contribution in [-0.2, 0) is 28.6 Å². The first-order chi connectivity index (χ1) is 39.0. The Hall–Kier alpha value is -2.37. The lowest BCUT2D eigenvalue weighted by Crippen LogP contribution is -2.30. The van der Waals surface area contributed by atoms with Crippen LogP contribution in [0.25, 0.3) is 0 Å². The van der Waals surface area contributed by atoms with Crippen LogP contribution in [0.15, 0.2) is 36.5 Å². The van der Waals surface area contributed by atoms with E-state index in [-0.39, 0.29) is 31.1 Å². The summed E-state index contributed by atoms with van der Waals surface area (Å²) in [6.45, 7) is 6.67. The molecular formula is C73H136O6. The molecule has 0 aromatic rings. The van der Waals surface area contributed by atoms with Crippen LogP contribution in [0.3, 0.4) is 0 Å². The minimum Gasteiger partial charge on any atom is -0.462 e. The maximum absolute atomic E-state index is 12.9. The Kier molecular flexibility index (Phi) is 66.1. The lowest BCUT2D eigenvalue weighted by Gasteiger charge is -2.18. The molecule has 0 saturated carbocycles.